The third kappa shape index (κ3) is 4.98. The predicted octanol–water partition coefficient (Wildman–Crippen LogP) is 3.32. The predicted molar refractivity (Wildman–Crippen MR) is 125 cm³/mol. The Morgan fingerprint density at radius 2 is 2.06 bits per heavy atom. The van der Waals surface area contributed by atoms with Gasteiger partial charge in [-0.2, -0.15) is 0 Å². The molecule has 2 heterocycles. The van der Waals surface area contributed by atoms with E-state index in [4.69, 9.17) is 4.52 Å². The van der Waals surface area contributed by atoms with Crippen molar-refractivity contribution in [1.29, 1.82) is 0 Å². The lowest BCUT2D eigenvalue weighted by molar-refractivity contribution is -0.118. The van der Waals surface area contributed by atoms with Crippen molar-refractivity contribution in [2.45, 2.75) is 44.3 Å². The SMILES string of the molecule is CC(=O)NCCc1ccccc1-c1onc(C2CNCCC2(O)c2ccc(F)c(F)c2)c1C(C)O. The van der Waals surface area contributed by atoms with Gasteiger partial charge in [0.25, 0.3) is 0 Å². The van der Waals surface area contributed by atoms with E-state index in [0.29, 0.717) is 48.6 Å². The molecule has 3 atom stereocenters. The molecular formula is C26H29F2N3O4. The normalized spacial score (nSPS) is 21.0. The zero-order chi connectivity index (χ0) is 25.2. The molecule has 1 amide bonds. The van der Waals surface area contributed by atoms with Gasteiger partial charge in [-0.3, -0.25) is 4.79 Å². The van der Waals surface area contributed by atoms with Gasteiger partial charge < -0.3 is 25.4 Å². The van der Waals surface area contributed by atoms with Gasteiger partial charge in [0.2, 0.25) is 5.91 Å². The van der Waals surface area contributed by atoms with Gasteiger partial charge in [0.1, 0.15) is 5.60 Å². The van der Waals surface area contributed by atoms with E-state index >= 15 is 0 Å². The summed E-state index contributed by atoms with van der Waals surface area (Å²) < 4.78 is 33.4. The summed E-state index contributed by atoms with van der Waals surface area (Å²) in [5, 5.41) is 32.8. The average molecular weight is 486 g/mol. The number of nitrogens with zero attached hydrogens (tertiary/aromatic N) is 1. The fourth-order valence-electron chi connectivity index (χ4n) is 4.79. The maximum absolute atomic E-state index is 14.1. The molecule has 2 aromatic carbocycles. The molecule has 0 aliphatic carbocycles. The van der Waals surface area contributed by atoms with Crippen molar-refractivity contribution in [2.24, 2.45) is 0 Å². The first-order chi connectivity index (χ1) is 16.7. The van der Waals surface area contributed by atoms with E-state index in [-0.39, 0.29) is 17.9 Å². The van der Waals surface area contributed by atoms with Gasteiger partial charge in [0.15, 0.2) is 17.4 Å². The number of hydrogen-bond acceptors (Lipinski definition) is 6. The standard InChI is InChI=1S/C26H29F2N3O4/c1-15(32)23-24(20-14-29-12-10-26(20,34)18-7-8-21(27)22(28)13-18)31-35-25(23)19-6-4-3-5-17(19)9-11-30-16(2)33/h3-8,13,15,20,29,32,34H,9-12,14H2,1-2H3,(H,30,33). The van der Waals surface area contributed by atoms with Crippen LogP contribution in [-0.2, 0) is 16.8 Å². The zero-order valence-corrected chi connectivity index (χ0v) is 19.6. The molecule has 9 heteroatoms. The van der Waals surface area contributed by atoms with Crippen molar-refractivity contribution >= 4 is 5.91 Å². The second-order valence-electron chi connectivity index (χ2n) is 8.94. The van der Waals surface area contributed by atoms with Crippen LogP contribution >= 0.6 is 0 Å². The van der Waals surface area contributed by atoms with Gasteiger partial charge in [-0.25, -0.2) is 8.78 Å². The fraction of sp³-hybridized carbons (Fsp3) is 0.385. The molecule has 4 rings (SSSR count). The smallest absolute Gasteiger partial charge is 0.216 e. The van der Waals surface area contributed by atoms with Crippen molar-refractivity contribution in [1.82, 2.24) is 15.8 Å². The quantitative estimate of drug-likeness (QED) is 0.409. The maximum Gasteiger partial charge on any atom is 0.216 e. The van der Waals surface area contributed by atoms with Gasteiger partial charge in [-0.1, -0.05) is 35.5 Å². The summed E-state index contributed by atoms with van der Waals surface area (Å²) in [5.41, 5.74) is 1.07. The largest absolute Gasteiger partial charge is 0.388 e. The Morgan fingerprint density at radius 3 is 2.77 bits per heavy atom. The molecule has 4 N–H and O–H groups in total. The van der Waals surface area contributed by atoms with E-state index in [9.17, 15) is 23.8 Å². The minimum absolute atomic E-state index is 0.129. The van der Waals surface area contributed by atoms with Crippen LogP contribution < -0.4 is 10.6 Å². The monoisotopic (exact) mass is 485 g/mol. The molecule has 1 saturated heterocycles. The van der Waals surface area contributed by atoms with Crippen LogP contribution in [0, 0.1) is 11.6 Å². The number of hydrogen-bond donors (Lipinski definition) is 4. The van der Waals surface area contributed by atoms with Gasteiger partial charge >= 0.3 is 0 Å². The molecule has 1 aliphatic rings. The fourth-order valence-corrected chi connectivity index (χ4v) is 4.79. The molecule has 3 unspecified atom stereocenters. The lowest BCUT2D eigenvalue weighted by Crippen LogP contribution is -2.47. The summed E-state index contributed by atoms with van der Waals surface area (Å²) >= 11 is 0. The first kappa shape index (κ1) is 25.0. The summed E-state index contributed by atoms with van der Waals surface area (Å²) in [7, 11) is 0. The molecule has 1 aliphatic heterocycles. The molecule has 1 fully saturated rings. The Labute approximate surface area is 202 Å². The Balaban J connectivity index is 1.78. The van der Waals surface area contributed by atoms with Crippen LogP contribution in [0.3, 0.4) is 0 Å². The molecule has 7 nitrogen and oxygen atoms in total. The van der Waals surface area contributed by atoms with Crippen molar-refractivity contribution in [3.63, 3.8) is 0 Å². The highest BCUT2D eigenvalue weighted by molar-refractivity contribution is 5.73. The van der Waals surface area contributed by atoms with E-state index in [1.807, 2.05) is 24.3 Å². The van der Waals surface area contributed by atoms with Crippen molar-refractivity contribution < 1.29 is 28.3 Å². The van der Waals surface area contributed by atoms with Gasteiger partial charge in [-0.05, 0) is 49.6 Å². The van der Waals surface area contributed by atoms with Crippen LogP contribution in [0.25, 0.3) is 11.3 Å². The number of nitrogens with one attached hydrogen (secondary N) is 2. The lowest BCUT2D eigenvalue weighted by atomic mass is 9.73. The van der Waals surface area contributed by atoms with Crippen LogP contribution in [0.4, 0.5) is 8.78 Å². The highest BCUT2D eigenvalue weighted by Crippen LogP contribution is 2.45. The summed E-state index contributed by atoms with van der Waals surface area (Å²) in [6.07, 6.45) is -0.211. The van der Waals surface area contributed by atoms with Crippen LogP contribution in [0.5, 0.6) is 0 Å². The maximum atomic E-state index is 14.1. The van der Waals surface area contributed by atoms with Gasteiger partial charge in [-0.15, -0.1) is 0 Å². The van der Waals surface area contributed by atoms with Crippen LogP contribution in [-0.4, -0.2) is 40.9 Å². The molecule has 1 aromatic heterocycles. The Morgan fingerprint density at radius 1 is 1.29 bits per heavy atom. The number of aliphatic hydroxyl groups excluding tert-OH is 1. The highest BCUT2D eigenvalue weighted by atomic mass is 19.2. The van der Waals surface area contributed by atoms with E-state index in [1.54, 1.807) is 6.92 Å². The molecule has 0 radical (unpaired) electrons. The van der Waals surface area contributed by atoms with Gasteiger partial charge in [0.05, 0.1) is 23.3 Å². The number of carbonyl (C=O) groups is 1. The topological polar surface area (TPSA) is 108 Å². The lowest BCUT2D eigenvalue weighted by Gasteiger charge is -2.40. The summed E-state index contributed by atoms with van der Waals surface area (Å²) in [6.45, 7) is 4.23. The number of benzene rings is 2. The molecule has 0 bridgehead atoms. The van der Waals surface area contributed by atoms with E-state index < -0.39 is 29.3 Å². The number of aliphatic hydroxyl groups is 2. The zero-order valence-electron chi connectivity index (χ0n) is 19.6. The number of halogens is 2. The Kier molecular flexibility index (Phi) is 7.30. The Bertz CT molecular complexity index is 1210. The minimum Gasteiger partial charge on any atom is -0.388 e. The Hall–Kier alpha value is -3.14. The molecular weight excluding hydrogens is 456 g/mol. The first-order valence-electron chi connectivity index (χ1n) is 11.6. The minimum atomic E-state index is -1.55. The summed E-state index contributed by atoms with van der Waals surface area (Å²) in [4.78, 5) is 11.3. The van der Waals surface area contributed by atoms with Crippen LogP contribution in [0.2, 0.25) is 0 Å². The number of carbonyl (C=O) groups excluding carboxylic acids is 1. The molecule has 186 valence electrons. The number of rotatable bonds is 7. The highest BCUT2D eigenvalue weighted by Gasteiger charge is 2.45. The van der Waals surface area contributed by atoms with Gasteiger partial charge in [0, 0.05) is 25.6 Å². The van der Waals surface area contributed by atoms with E-state index in [0.717, 1.165) is 17.7 Å². The van der Waals surface area contributed by atoms with Crippen molar-refractivity contribution in [2.75, 3.05) is 19.6 Å². The van der Waals surface area contributed by atoms with E-state index in [1.165, 1.54) is 13.0 Å². The molecule has 35 heavy (non-hydrogen) atoms. The second kappa shape index (κ2) is 10.2. The van der Waals surface area contributed by atoms with Crippen LogP contribution in [0.15, 0.2) is 47.0 Å². The third-order valence-corrected chi connectivity index (χ3v) is 6.56. The van der Waals surface area contributed by atoms with Crippen LogP contribution in [0.1, 0.15) is 54.7 Å². The third-order valence-electron chi connectivity index (χ3n) is 6.56. The number of aromatic nitrogens is 1. The van der Waals surface area contributed by atoms with Crippen molar-refractivity contribution in [3.05, 3.63) is 76.5 Å². The summed E-state index contributed by atoms with van der Waals surface area (Å²) in [6, 6.07) is 10.8. The first-order valence-corrected chi connectivity index (χ1v) is 11.6. The number of amides is 1. The summed E-state index contributed by atoms with van der Waals surface area (Å²) in [5.74, 6) is -2.48. The molecule has 0 spiro atoms. The second-order valence-corrected chi connectivity index (χ2v) is 8.94. The molecule has 0 saturated carbocycles. The van der Waals surface area contributed by atoms with E-state index in [2.05, 4.69) is 15.8 Å². The number of piperidine rings is 1. The molecule has 3 aromatic rings. The van der Waals surface area contributed by atoms with Crippen molar-refractivity contribution in [3.8, 4) is 11.3 Å². The average Bonchev–Trinajstić information content (AvgIpc) is 3.26.